The van der Waals surface area contributed by atoms with Crippen molar-refractivity contribution in [3.05, 3.63) is 45.7 Å². The standard InChI is InChI=1S/C19H27FN4OS/c1-5-21-19(22-11-10-18-14(2)23-15(3)26-18)24(4)12-13-25-17-9-7-6-8-16(17)20/h6-9H,5,10-13H2,1-4H3,(H,21,22). The van der Waals surface area contributed by atoms with E-state index in [4.69, 9.17) is 4.74 Å². The zero-order chi connectivity index (χ0) is 18.9. The summed E-state index contributed by atoms with van der Waals surface area (Å²) in [6, 6.07) is 6.44. The van der Waals surface area contributed by atoms with Gasteiger partial charge < -0.3 is 15.0 Å². The first-order valence-electron chi connectivity index (χ1n) is 8.81. The number of nitrogens with zero attached hydrogens (tertiary/aromatic N) is 3. The molecule has 7 heteroatoms. The van der Waals surface area contributed by atoms with Crippen molar-refractivity contribution in [3.63, 3.8) is 0 Å². The Labute approximate surface area is 158 Å². The van der Waals surface area contributed by atoms with Crippen LogP contribution in [0.15, 0.2) is 29.3 Å². The monoisotopic (exact) mass is 378 g/mol. The van der Waals surface area contributed by atoms with Crippen molar-refractivity contribution in [2.45, 2.75) is 27.2 Å². The Hall–Kier alpha value is -2.15. The van der Waals surface area contributed by atoms with E-state index < -0.39 is 0 Å². The van der Waals surface area contributed by atoms with Gasteiger partial charge in [0.2, 0.25) is 0 Å². The van der Waals surface area contributed by atoms with Crippen molar-refractivity contribution in [3.8, 4) is 5.75 Å². The Morgan fingerprint density at radius 3 is 2.77 bits per heavy atom. The number of benzene rings is 1. The number of ether oxygens (including phenoxy) is 1. The lowest BCUT2D eigenvalue weighted by Crippen LogP contribution is -2.41. The molecule has 0 aliphatic heterocycles. The molecular weight excluding hydrogens is 351 g/mol. The summed E-state index contributed by atoms with van der Waals surface area (Å²) in [5.41, 5.74) is 1.10. The molecule has 1 aromatic heterocycles. The quantitative estimate of drug-likeness (QED) is 0.565. The lowest BCUT2D eigenvalue weighted by Gasteiger charge is -2.22. The molecule has 2 rings (SSSR count). The summed E-state index contributed by atoms with van der Waals surface area (Å²) in [4.78, 5) is 12.4. The molecule has 1 heterocycles. The van der Waals surface area contributed by atoms with Crippen molar-refractivity contribution in [1.29, 1.82) is 0 Å². The van der Waals surface area contributed by atoms with Gasteiger partial charge in [-0.15, -0.1) is 11.3 Å². The molecule has 0 saturated heterocycles. The highest BCUT2D eigenvalue weighted by Crippen LogP contribution is 2.17. The van der Waals surface area contributed by atoms with E-state index in [1.807, 2.05) is 32.7 Å². The first-order valence-corrected chi connectivity index (χ1v) is 9.62. The SMILES string of the molecule is CCNC(=NCCc1sc(C)nc1C)N(C)CCOc1ccccc1F. The molecule has 0 radical (unpaired) electrons. The molecule has 0 bridgehead atoms. The summed E-state index contributed by atoms with van der Waals surface area (Å²) in [5, 5.41) is 4.38. The fourth-order valence-electron chi connectivity index (χ4n) is 2.50. The molecule has 0 unspecified atom stereocenters. The second kappa shape index (κ2) is 10.1. The van der Waals surface area contributed by atoms with E-state index in [-0.39, 0.29) is 11.6 Å². The molecule has 0 fully saturated rings. The van der Waals surface area contributed by atoms with Crippen molar-refractivity contribution in [1.82, 2.24) is 15.2 Å². The van der Waals surface area contributed by atoms with Gasteiger partial charge in [0.15, 0.2) is 17.5 Å². The van der Waals surface area contributed by atoms with Gasteiger partial charge in [-0.25, -0.2) is 9.37 Å². The number of aromatic nitrogens is 1. The number of guanidine groups is 1. The Morgan fingerprint density at radius 2 is 2.12 bits per heavy atom. The highest BCUT2D eigenvalue weighted by atomic mass is 32.1. The van der Waals surface area contributed by atoms with Crippen LogP contribution in [0.25, 0.3) is 0 Å². The van der Waals surface area contributed by atoms with Crippen molar-refractivity contribution in [2.24, 2.45) is 4.99 Å². The predicted octanol–water partition coefficient (Wildman–Crippen LogP) is 3.42. The van der Waals surface area contributed by atoms with Crippen molar-refractivity contribution in [2.75, 3.05) is 33.3 Å². The third kappa shape index (κ3) is 5.98. The highest BCUT2D eigenvalue weighted by Gasteiger charge is 2.08. The first-order chi connectivity index (χ1) is 12.5. The van der Waals surface area contributed by atoms with Crippen LogP contribution >= 0.6 is 11.3 Å². The molecule has 26 heavy (non-hydrogen) atoms. The summed E-state index contributed by atoms with van der Waals surface area (Å²) >= 11 is 1.73. The van der Waals surface area contributed by atoms with Crippen LogP contribution in [0.1, 0.15) is 22.5 Å². The Kier molecular flexibility index (Phi) is 7.84. The van der Waals surface area contributed by atoms with Gasteiger partial charge in [0.25, 0.3) is 0 Å². The summed E-state index contributed by atoms with van der Waals surface area (Å²) < 4.78 is 19.1. The van der Waals surface area contributed by atoms with Gasteiger partial charge in [-0.1, -0.05) is 12.1 Å². The largest absolute Gasteiger partial charge is 0.489 e. The van der Waals surface area contributed by atoms with Crippen LogP contribution < -0.4 is 10.1 Å². The van der Waals surface area contributed by atoms with Crippen LogP contribution in [0, 0.1) is 19.7 Å². The van der Waals surface area contributed by atoms with Gasteiger partial charge in [-0.05, 0) is 32.9 Å². The van der Waals surface area contributed by atoms with Crippen LogP contribution in [-0.2, 0) is 6.42 Å². The van der Waals surface area contributed by atoms with E-state index in [0.717, 1.165) is 29.6 Å². The Balaban J connectivity index is 1.86. The maximum Gasteiger partial charge on any atom is 0.193 e. The second-order valence-electron chi connectivity index (χ2n) is 5.93. The number of rotatable bonds is 8. The molecule has 0 aliphatic rings. The smallest absolute Gasteiger partial charge is 0.193 e. The predicted molar refractivity (Wildman–Crippen MR) is 106 cm³/mol. The van der Waals surface area contributed by atoms with Gasteiger partial charge in [0.05, 0.1) is 17.2 Å². The summed E-state index contributed by atoms with van der Waals surface area (Å²) in [5.74, 6) is 0.758. The van der Waals surface area contributed by atoms with Crippen LogP contribution in [0.2, 0.25) is 0 Å². The van der Waals surface area contributed by atoms with E-state index in [1.54, 1.807) is 29.5 Å². The minimum Gasteiger partial charge on any atom is -0.489 e. The normalized spacial score (nSPS) is 11.5. The number of aryl methyl sites for hydroxylation is 2. The molecular formula is C19H27FN4OS. The first kappa shape index (κ1) is 20.2. The average Bonchev–Trinajstić information content (AvgIpc) is 2.93. The molecule has 1 N–H and O–H groups in total. The van der Waals surface area contributed by atoms with Crippen LogP contribution in [0.5, 0.6) is 5.75 Å². The van der Waals surface area contributed by atoms with E-state index in [1.165, 1.54) is 10.9 Å². The number of halogens is 1. The fraction of sp³-hybridized carbons (Fsp3) is 0.474. The summed E-state index contributed by atoms with van der Waals surface area (Å²) in [6.45, 7) is 8.58. The van der Waals surface area contributed by atoms with Crippen molar-refractivity contribution >= 4 is 17.3 Å². The van der Waals surface area contributed by atoms with E-state index in [2.05, 4.69) is 15.3 Å². The van der Waals surface area contributed by atoms with Gasteiger partial charge in [-0.2, -0.15) is 0 Å². The summed E-state index contributed by atoms with van der Waals surface area (Å²) in [7, 11) is 1.95. The van der Waals surface area contributed by atoms with E-state index in [9.17, 15) is 4.39 Å². The lowest BCUT2D eigenvalue weighted by molar-refractivity contribution is 0.270. The molecule has 1 aromatic carbocycles. The minimum atomic E-state index is -0.342. The average molecular weight is 379 g/mol. The Morgan fingerprint density at radius 1 is 1.35 bits per heavy atom. The number of likely N-dealkylation sites (N-methyl/N-ethyl adjacent to an activating group) is 1. The molecule has 5 nitrogen and oxygen atoms in total. The number of nitrogens with one attached hydrogen (secondary N) is 1. The maximum atomic E-state index is 13.6. The molecule has 0 amide bonds. The van der Waals surface area contributed by atoms with Gasteiger partial charge in [0, 0.05) is 31.4 Å². The van der Waals surface area contributed by atoms with E-state index in [0.29, 0.717) is 19.7 Å². The van der Waals surface area contributed by atoms with Gasteiger partial charge in [0.1, 0.15) is 6.61 Å². The number of hydrogen-bond donors (Lipinski definition) is 1. The number of aliphatic imine (C=N–C) groups is 1. The third-order valence-corrected chi connectivity index (χ3v) is 4.95. The molecule has 0 saturated carbocycles. The maximum absolute atomic E-state index is 13.6. The zero-order valence-corrected chi connectivity index (χ0v) is 16.7. The topological polar surface area (TPSA) is 49.8 Å². The molecule has 0 atom stereocenters. The minimum absolute atomic E-state index is 0.277. The zero-order valence-electron chi connectivity index (χ0n) is 15.9. The molecule has 0 spiro atoms. The second-order valence-corrected chi connectivity index (χ2v) is 7.22. The fourth-order valence-corrected chi connectivity index (χ4v) is 3.42. The molecule has 2 aromatic rings. The van der Waals surface area contributed by atoms with E-state index >= 15 is 0 Å². The Bertz CT molecular complexity index is 732. The molecule has 0 aliphatic carbocycles. The lowest BCUT2D eigenvalue weighted by atomic mass is 10.3. The number of para-hydroxylation sites is 1. The van der Waals surface area contributed by atoms with Crippen LogP contribution in [0.3, 0.4) is 0 Å². The highest BCUT2D eigenvalue weighted by molar-refractivity contribution is 7.11. The van der Waals surface area contributed by atoms with Gasteiger partial charge in [-0.3, -0.25) is 4.99 Å². The molecule has 142 valence electrons. The van der Waals surface area contributed by atoms with Gasteiger partial charge >= 0.3 is 0 Å². The van der Waals surface area contributed by atoms with Crippen LogP contribution in [0.4, 0.5) is 4.39 Å². The van der Waals surface area contributed by atoms with Crippen molar-refractivity contribution < 1.29 is 9.13 Å². The number of thiazole rings is 1. The number of hydrogen-bond acceptors (Lipinski definition) is 4. The van der Waals surface area contributed by atoms with Crippen LogP contribution in [-0.4, -0.2) is 49.1 Å². The summed E-state index contributed by atoms with van der Waals surface area (Å²) in [6.07, 6.45) is 0.881. The third-order valence-electron chi connectivity index (χ3n) is 3.82.